The third-order valence-electron chi connectivity index (χ3n) is 4.92. The standard InChI is InChI=1S/C19H22N6O/c26-19(17-5-1-3-15-11-23-24-18(15)17)25(12-14-9-21-13-22-10-14)16-4-2-7-20-8-6-16/h1,3,5,9-11,13,16,20H,2,4,6-8,12H2,(H,23,24). The highest BCUT2D eigenvalue weighted by Gasteiger charge is 2.27. The van der Waals surface area contributed by atoms with Crippen molar-refractivity contribution < 1.29 is 4.79 Å². The van der Waals surface area contributed by atoms with Crippen molar-refractivity contribution in [2.45, 2.75) is 31.8 Å². The lowest BCUT2D eigenvalue weighted by Crippen LogP contribution is -2.40. The van der Waals surface area contributed by atoms with Crippen LogP contribution in [-0.4, -0.2) is 50.1 Å². The molecule has 1 unspecified atom stereocenters. The van der Waals surface area contributed by atoms with E-state index < -0.39 is 0 Å². The Labute approximate surface area is 151 Å². The maximum Gasteiger partial charge on any atom is 0.256 e. The number of fused-ring (bicyclic) bond motifs is 1. The van der Waals surface area contributed by atoms with Gasteiger partial charge in [-0.15, -0.1) is 0 Å². The average molecular weight is 350 g/mol. The van der Waals surface area contributed by atoms with Crippen molar-refractivity contribution in [2.75, 3.05) is 13.1 Å². The van der Waals surface area contributed by atoms with Gasteiger partial charge in [0.1, 0.15) is 6.33 Å². The lowest BCUT2D eigenvalue weighted by atomic mass is 10.0. The number of aromatic amines is 1. The molecular weight excluding hydrogens is 328 g/mol. The van der Waals surface area contributed by atoms with Gasteiger partial charge in [0.2, 0.25) is 0 Å². The van der Waals surface area contributed by atoms with E-state index in [1.807, 2.05) is 23.1 Å². The van der Waals surface area contributed by atoms with Crippen LogP contribution in [0.1, 0.15) is 35.2 Å². The Balaban J connectivity index is 1.69. The lowest BCUT2D eigenvalue weighted by Gasteiger charge is -2.31. The Hall–Kier alpha value is -2.80. The number of carbonyl (C=O) groups is 1. The SMILES string of the molecule is O=C(c1cccc2cn[nH]c12)N(Cc1cncnc1)C1CCCNCC1. The van der Waals surface area contributed by atoms with Crippen molar-refractivity contribution in [1.82, 2.24) is 30.4 Å². The first-order valence-electron chi connectivity index (χ1n) is 9.00. The Morgan fingerprint density at radius 2 is 2.04 bits per heavy atom. The van der Waals surface area contributed by atoms with Crippen molar-refractivity contribution in [2.24, 2.45) is 0 Å². The molecule has 1 aliphatic rings. The normalized spacial score (nSPS) is 17.8. The molecule has 2 aromatic heterocycles. The largest absolute Gasteiger partial charge is 0.331 e. The van der Waals surface area contributed by atoms with Gasteiger partial charge in [-0.1, -0.05) is 12.1 Å². The third kappa shape index (κ3) is 3.43. The molecule has 0 radical (unpaired) electrons. The molecule has 26 heavy (non-hydrogen) atoms. The molecule has 7 heteroatoms. The fourth-order valence-corrected chi connectivity index (χ4v) is 3.59. The monoisotopic (exact) mass is 350 g/mol. The molecule has 1 aromatic carbocycles. The second-order valence-corrected chi connectivity index (χ2v) is 6.65. The van der Waals surface area contributed by atoms with Gasteiger partial charge in [0, 0.05) is 35.9 Å². The number of benzene rings is 1. The topological polar surface area (TPSA) is 86.8 Å². The summed E-state index contributed by atoms with van der Waals surface area (Å²) in [5.41, 5.74) is 2.39. The third-order valence-corrected chi connectivity index (χ3v) is 4.92. The first-order valence-corrected chi connectivity index (χ1v) is 9.00. The summed E-state index contributed by atoms with van der Waals surface area (Å²) >= 11 is 0. The number of nitrogens with zero attached hydrogens (tertiary/aromatic N) is 4. The van der Waals surface area contributed by atoms with Gasteiger partial charge >= 0.3 is 0 Å². The number of hydrogen-bond acceptors (Lipinski definition) is 5. The average Bonchev–Trinajstić information content (AvgIpc) is 3.01. The van der Waals surface area contributed by atoms with Crippen LogP contribution < -0.4 is 5.32 Å². The molecule has 1 atom stereocenters. The zero-order valence-corrected chi connectivity index (χ0v) is 14.6. The molecule has 1 aliphatic heterocycles. The van der Waals surface area contributed by atoms with Crippen LogP contribution in [-0.2, 0) is 6.54 Å². The lowest BCUT2D eigenvalue weighted by molar-refractivity contribution is 0.0646. The molecule has 1 amide bonds. The van der Waals surface area contributed by atoms with E-state index in [4.69, 9.17) is 0 Å². The number of para-hydroxylation sites is 1. The zero-order chi connectivity index (χ0) is 17.8. The predicted molar refractivity (Wildman–Crippen MR) is 98.5 cm³/mol. The molecule has 0 aliphatic carbocycles. The minimum atomic E-state index is 0.0237. The Morgan fingerprint density at radius 3 is 2.92 bits per heavy atom. The molecule has 1 saturated heterocycles. The second-order valence-electron chi connectivity index (χ2n) is 6.65. The number of rotatable bonds is 4. The number of nitrogens with one attached hydrogen (secondary N) is 2. The second kappa shape index (κ2) is 7.61. The summed E-state index contributed by atoms with van der Waals surface area (Å²) in [7, 11) is 0. The molecule has 4 rings (SSSR count). The van der Waals surface area contributed by atoms with Gasteiger partial charge in [-0.05, 0) is 38.4 Å². The van der Waals surface area contributed by atoms with Gasteiger partial charge in [0.15, 0.2) is 0 Å². The van der Waals surface area contributed by atoms with Crippen LogP contribution >= 0.6 is 0 Å². The van der Waals surface area contributed by atoms with Crippen LogP contribution in [0.25, 0.3) is 10.9 Å². The number of amides is 1. The van der Waals surface area contributed by atoms with Crippen LogP contribution in [0, 0.1) is 0 Å². The summed E-state index contributed by atoms with van der Waals surface area (Å²) in [6, 6.07) is 5.92. The fraction of sp³-hybridized carbons (Fsp3) is 0.368. The van der Waals surface area contributed by atoms with Crippen LogP contribution in [0.3, 0.4) is 0 Å². The molecule has 3 heterocycles. The fourth-order valence-electron chi connectivity index (χ4n) is 3.59. The molecule has 0 spiro atoms. The Kier molecular flexibility index (Phi) is 4.88. The maximum atomic E-state index is 13.5. The van der Waals surface area contributed by atoms with Crippen molar-refractivity contribution in [3.8, 4) is 0 Å². The molecular formula is C19H22N6O. The highest BCUT2D eigenvalue weighted by Crippen LogP contribution is 2.23. The first kappa shape index (κ1) is 16.7. The predicted octanol–water partition coefficient (Wildman–Crippen LogP) is 2.14. The summed E-state index contributed by atoms with van der Waals surface area (Å²) in [4.78, 5) is 23.7. The van der Waals surface area contributed by atoms with Crippen molar-refractivity contribution in [3.05, 3.63) is 54.2 Å². The number of H-pyrrole nitrogens is 1. The quantitative estimate of drug-likeness (QED) is 0.753. The van der Waals surface area contributed by atoms with Gasteiger partial charge in [-0.3, -0.25) is 9.89 Å². The number of carbonyl (C=O) groups excluding carboxylic acids is 1. The van der Waals surface area contributed by atoms with Crippen LogP contribution in [0.5, 0.6) is 0 Å². The molecule has 2 N–H and O–H groups in total. The van der Waals surface area contributed by atoms with E-state index in [0.29, 0.717) is 12.1 Å². The summed E-state index contributed by atoms with van der Waals surface area (Å²) in [5.74, 6) is 0.0237. The molecule has 7 nitrogen and oxygen atoms in total. The number of aromatic nitrogens is 4. The van der Waals surface area contributed by atoms with Gasteiger partial charge in [-0.2, -0.15) is 5.10 Å². The van der Waals surface area contributed by atoms with E-state index in [-0.39, 0.29) is 11.9 Å². The van der Waals surface area contributed by atoms with E-state index in [9.17, 15) is 4.79 Å². The molecule has 0 saturated carbocycles. The van der Waals surface area contributed by atoms with E-state index in [2.05, 4.69) is 25.5 Å². The van der Waals surface area contributed by atoms with E-state index in [1.165, 1.54) is 6.33 Å². The summed E-state index contributed by atoms with van der Waals surface area (Å²) in [6.07, 6.45) is 9.81. The highest BCUT2D eigenvalue weighted by atomic mass is 16.2. The summed E-state index contributed by atoms with van der Waals surface area (Å²) in [6.45, 7) is 2.44. The Bertz CT molecular complexity index is 870. The zero-order valence-electron chi connectivity index (χ0n) is 14.6. The molecule has 0 bridgehead atoms. The smallest absolute Gasteiger partial charge is 0.256 e. The van der Waals surface area contributed by atoms with Gasteiger partial charge in [0.25, 0.3) is 5.91 Å². The van der Waals surface area contributed by atoms with Crippen LogP contribution in [0.15, 0.2) is 43.1 Å². The van der Waals surface area contributed by atoms with Crippen molar-refractivity contribution >= 4 is 16.8 Å². The van der Waals surface area contributed by atoms with Crippen LogP contribution in [0.2, 0.25) is 0 Å². The van der Waals surface area contributed by atoms with E-state index >= 15 is 0 Å². The van der Waals surface area contributed by atoms with Crippen molar-refractivity contribution in [3.63, 3.8) is 0 Å². The van der Waals surface area contributed by atoms with E-state index in [0.717, 1.165) is 48.8 Å². The minimum absolute atomic E-state index is 0.0237. The van der Waals surface area contributed by atoms with Crippen molar-refractivity contribution in [1.29, 1.82) is 0 Å². The van der Waals surface area contributed by atoms with Crippen LogP contribution in [0.4, 0.5) is 0 Å². The minimum Gasteiger partial charge on any atom is -0.331 e. The molecule has 1 fully saturated rings. The van der Waals surface area contributed by atoms with Gasteiger partial charge in [0.05, 0.1) is 17.3 Å². The van der Waals surface area contributed by atoms with Gasteiger partial charge in [-0.25, -0.2) is 9.97 Å². The maximum absolute atomic E-state index is 13.5. The molecule has 134 valence electrons. The highest BCUT2D eigenvalue weighted by molar-refractivity contribution is 6.05. The summed E-state index contributed by atoms with van der Waals surface area (Å²) < 4.78 is 0. The number of hydrogen-bond donors (Lipinski definition) is 2. The van der Waals surface area contributed by atoms with Gasteiger partial charge < -0.3 is 10.2 Å². The van der Waals surface area contributed by atoms with E-state index in [1.54, 1.807) is 18.6 Å². The Morgan fingerprint density at radius 1 is 1.15 bits per heavy atom. The first-order chi connectivity index (χ1) is 12.8. The summed E-state index contributed by atoms with van der Waals surface area (Å²) in [5, 5.41) is 11.4. The molecule has 3 aromatic rings.